The quantitative estimate of drug-likeness (QED) is 0.890. The zero-order chi connectivity index (χ0) is 13.2. The molecule has 19 heavy (non-hydrogen) atoms. The average molecular weight is 263 g/mol. The number of imidazole rings is 1. The third kappa shape index (κ3) is 2.42. The van der Waals surface area contributed by atoms with Crippen LogP contribution in [0.1, 0.15) is 25.7 Å². The van der Waals surface area contributed by atoms with Crippen LogP contribution in [0.25, 0.3) is 11.0 Å². The first-order valence-corrected chi connectivity index (χ1v) is 6.80. The van der Waals surface area contributed by atoms with Gasteiger partial charge in [0.1, 0.15) is 5.82 Å². The van der Waals surface area contributed by atoms with Crippen LogP contribution in [0.5, 0.6) is 0 Å². The molecule has 2 aromatic rings. The van der Waals surface area contributed by atoms with Crippen molar-refractivity contribution in [3.63, 3.8) is 0 Å². The number of aliphatic hydroxyl groups is 1. The lowest BCUT2D eigenvalue weighted by atomic mass is 10.2. The van der Waals surface area contributed by atoms with Crippen LogP contribution in [0.15, 0.2) is 18.2 Å². The summed E-state index contributed by atoms with van der Waals surface area (Å²) in [5.41, 5.74) is 1.47. The molecule has 5 heteroatoms. The van der Waals surface area contributed by atoms with Crippen molar-refractivity contribution in [3.8, 4) is 0 Å². The van der Waals surface area contributed by atoms with Gasteiger partial charge in [-0.25, -0.2) is 9.37 Å². The molecule has 0 saturated heterocycles. The molecule has 0 unspecified atom stereocenters. The summed E-state index contributed by atoms with van der Waals surface area (Å²) in [6.45, 7) is 0.662. The third-order valence-electron chi connectivity index (χ3n) is 3.81. The monoisotopic (exact) mass is 263 g/mol. The Hall–Kier alpha value is -1.62. The number of anilines is 1. The summed E-state index contributed by atoms with van der Waals surface area (Å²) in [6, 6.07) is 4.98. The molecule has 0 amide bonds. The van der Waals surface area contributed by atoms with E-state index in [4.69, 9.17) is 0 Å². The number of fused-ring (bicyclic) bond motifs is 1. The summed E-state index contributed by atoms with van der Waals surface area (Å²) in [5, 5.41) is 9.23. The molecule has 0 atom stereocenters. The Morgan fingerprint density at radius 3 is 2.89 bits per heavy atom. The van der Waals surface area contributed by atoms with E-state index in [0.717, 1.165) is 24.3 Å². The molecule has 1 heterocycles. The maximum atomic E-state index is 13.2. The summed E-state index contributed by atoms with van der Waals surface area (Å²) in [7, 11) is 0. The summed E-state index contributed by atoms with van der Waals surface area (Å²) in [6.07, 6.45) is 4.71. The van der Waals surface area contributed by atoms with Crippen LogP contribution in [0.4, 0.5) is 10.3 Å². The van der Waals surface area contributed by atoms with E-state index < -0.39 is 0 Å². The molecule has 0 spiro atoms. The summed E-state index contributed by atoms with van der Waals surface area (Å²) >= 11 is 0. The second-order valence-corrected chi connectivity index (χ2v) is 5.08. The van der Waals surface area contributed by atoms with Gasteiger partial charge >= 0.3 is 0 Å². The van der Waals surface area contributed by atoms with Gasteiger partial charge in [0, 0.05) is 12.6 Å². The highest BCUT2D eigenvalue weighted by Gasteiger charge is 2.24. The number of rotatable bonds is 4. The Bertz CT molecular complexity index is 563. The van der Waals surface area contributed by atoms with Crippen molar-refractivity contribution in [3.05, 3.63) is 24.0 Å². The fourth-order valence-electron chi connectivity index (χ4n) is 2.89. The molecule has 1 aromatic carbocycles. The van der Waals surface area contributed by atoms with Crippen LogP contribution < -0.4 is 4.90 Å². The normalized spacial score (nSPS) is 16.3. The minimum Gasteiger partial charge on any atom is -0.395 e. The molecule has 1 aliphatic carbocycles. The van der Waals surface area contributed by atoms with Crippen molar-refractivity contribution in [1.29, 1.82) is 0 Å². The number of benzene rings is 1. The van der Waals surface area contributed by atoms with Gasteiger partial charge < -0.3 is 15.0 Å². The van der Waals surface area contributed by atoms with Gasteiger partial charge in [-0.3, -0.25) is 0 Å². The van der Waals surface area contributed by atoms with Gasteiger partial charge in [0.2, 0.25) is 5.95 Å². The number of nitrogens with one attached hydrogen (secondary N) is 1. The molecular formula is C14H18FN3O. The second-order valence-electron chi connectivity index (χ2n) is 5.08. The molecule has 0 radical (unpaired) electrons. The molecule has 0 aliphatic heterocycles. The number of H-pyrrole nitrogens is 1. The number of aliphatic hydroxyl groups excluding tert-OH is 1. The standard InChI is InChI=1S/C14H18FN3O/c15-10-5-6-12-13(9-10)17-14(16-12)18(7-8-19)11-3-1-2-4-11/h5-6,9,11,19H,1-4,7-8H2,(H,16,17). The fourth-order valence-corrected chi connectivity index (χ4v) is 2.89. The number of aromatic amines is 1. The van der Waals surface area contributed by atoms with E-state index in [1.165, 1.54) is 25.0 Å². The van der Waals surface area contributed by atoms with Crippen LogP contribution in [0.3, 0.4) is 0 Å². The Kier molecular flexibility index (Phi) is 3.38. The first-order valence-electron chi connectivity index (χ1n) is 6.80. The van der Waals surface area contributed by atoms with E-state index in [1.54, 1.807) is 6.07 Å². The minimum atomic E-state index is -0.266. The van der Waals surface area contributed by atoms with E-state index in [1.807, 2.05) is 0 Å². The molecule has 1 aliphatic rings. The molecule has 102 valence electrons. The Morgan fingerprint density at radius 1 is 1.37 bits per heavy atom. The first-order chi connectivity index (χ1) is 9.28. The zero-order valence-electron chi connectivity index (χ0n) is 10.8. The van der Waals surface area contributed by atoms with Gasteiger partial charge in [-0.15, -0.1) is 0 Å². The lowest BCUT2D eigenvalue weighted by molar-refractivity contribution is 0.296. The number of aromatic nitrogens is 2. The van der Waals surface area contributed by atoms with Gasteiger partial charge in [0.15, 0.2) is 0 Å². The number of hydrogen-bond acceptors (Lipinski definition) is 3. The summed E-state index contributed by atoms with van der Waals surface area (Å²) < 4.78 is 13.2. The lowest BCUT2D eigenvalue weighted by Crippen LogP contribution is -2.36. The highest BCUT2D eigenvalue weighted by molar-refractivity contribution is 5.77. The van der Waals surface area contributed by atoms with Crippen molar-refractivity contribution in [2.45, 2.75) is 31.7 Å². The highest BCUT2D eigenvalue weighted by atomic mass is 19.1. The molecule has 1 fully saturated rings. The summed E-state index contributed by atoms with van der Waals surface area (Å²) in [5.74, 6) is 0.471. The van der Waals surface area contributed by atoms with E-state index in [-0.39, 0.29) is 12.4 Å². The van der Waals surface area contributed by atoms with Crippen molar-refractivity contribution >= 4 is 17.0 Å². The van der Waals surface area contributed by atoms with Crippen molar-refractivity contribution in [2.24, 2.45) is 0 Å². The maximum absolute atomic E-state index is 13.2. The third-order valence-corrected chi connectivity index (χ3v) is 3.81. The molecule has 2 N–H and O–H groups in total. The SMILES string of the molecule is OCCN(c1nc2ccc(F)cc2[nH]1)C1CCCC1. The average Bonchev–Trinajstić information content (AvgIpc) is 3.04. The van der Waals surface area contributed by atoms with Gasteiger partial charge in [-0.1, -0.05) is 12.8 Å². The fraction of sp³-hybridized carbons (Fsp3) is 0.500. The number of halogens is 1. The topological polar surface area (TPSA) is 52.1 Å². The van der Waals surface area contributed by atoms with Crippen LogP contribution in [-0.2, 0) is 0 Å². The number of nitrogens with zero attached hydrogens (tertiary/aromatic N) is 2. The molecule has 1 aromatic heterocycles. The smallest absolute Gasteiger partial charge is 0.204 e. The first kappa shape index (κ1) is 12.4. The van der Waals surface area contributed by atoms with Gasteiger partial charge in [0.25, 0.3) is 0 Å². The molecule has 1 saturated carbocycles. The molecule has 4 nitrogen and oxygen atoms in total. The van der Waals surface area contributed by atoms with Crippen LogP contribution in [0, 0.1) is 5.82 Å². The van der Waals surface area contributed by atoms with Gasteiger partial charge in [-0.05, 0) is 31.0 Å². The summed E-state index contributed by atoms with van der Waals surface area (Å²) in [4.78, 5) is 9.79. The Balaban J connectivity index is 1.94. The number of hydrogen-bond donors (Lipinski definition) is 2. The predicted octanol–water partition coefficient (Wildman–Crippen LogP) is 2.44. The van der Waals surface area contributed by atoms with Crippen LogP contribution >= 0.6 is 0 Å². The largest absolute Gasteiger partial charge is 0.395 e. The van der Waals surface area contributed by atoms with Crippen molar-refractivity contribution in [2.75, 3.05) is 18.1 Å². The van der Waals surface area contributed by atoms with Crippen molar-refractivity contribution < 1.29 is 9.50 Å². The predicted molar refractivity (Wildman–Crippen MR) is 72.7 cm³/mol. The molecular weight excluding hydrogens is 245 g/mol. The van der Waals surface area contributed by atoms with E-state index in [9.17, 15) is 9.50 Å². The maximum Gasteiger partial charge on any atom is 0.204 e. The van der Waals surface area contributed by atoms with Crippen molar-refractivity contribution in [1.82, 2.24) is 9.97 Å². The van der Waals surface area contributed by atoms with E-state index >= 15 is 0 Å². The molecule has 3 rings (SSSR count). The Morgan fingerprint density at radius 2 is 2.16 bits per heavy atom. The lowest BCUT2D eigenvalue weighted by Gasteiger charge is -2.27. The van der Waals surface area contributed by atoms with Crippen LogP contribution in [0.2, 0.25) is 0 Å². The van der Waals surface area contributed by atoms with E-state index in [0.29, 0.717) is 18.1 Å². The van der Waals surface area contributed by atoms with E-state index in [2.05, 4.69) is 14.9 Å². The Labute approximate surface area is 111 Å². The molecule has 0 bridgehead atoms. The highest BCUT2D eigenvalue weighted by Crippen LogP contribution is 2.27. The van der Waals surface area contributed by atoms with Crippen LogP contribution in [-0.4, -0.2) is 34.3 Å². The second kappa shape index (κ2) is 5.17. The van der Waals surface area contributed by atoms with Gasteiger partial charge in [0.05, 0.1) is 17.6 Å². The minimum absolute atomic E-state index is 0.0991. The zero-order valence-corrected chi connectivity index (χ0v) is 10.8. The van der Waals surface area contributed by atoms with Gasteiger partial charge in [-0.2, -0.15) is 0 Å².